The minimum absolute atomic E-state index is 0.0862. The van der Waals surface area contributed by atoms with E-state index in [1.807, 2.05) is 0 Å². The van der Waals surface area contributed by atoms with Gasteiger partial charge in [0.2, 0.25) is 0 Å². The van der Waals surface area contributed by atoms with Crippen molar-refractivity contribution in [3.63, 3.8) is 0 Å². The Balaban J connectivity index is 1.27. The average Bonchev–Trinajstić information content (AvgIpc) is 3.72. The van der Waals surface area contributed by atoms with Crippen molar-refractivity contribution in [2.45, 2.75) is 63.4 Å². The highest BCUT2D eigenvalue weighted by Gasteiger charge is 2.34. The first-order valence-corrected chi connectivity index (χ1v) is 12.9. The Morgan fingerprint density at radius 1 is 1.00 bits per heavy atom. The van der Waals surface area contributed by atoms with Gasteiger partial charge in [0.25, 0.3) is 5.91 Å². The molecule has 2 aliphatic carbocycles. The molecular formula is C28H28F5N3O3. The average molecular weight is 550 g/mol. The third-order valence-corrected chi connectivity index (χ3v) is 6.97. The summed E-state index contributed by atoms with van der Waals surface area (Å²) in [7, 11) is 0. The highest BCUT2D eigenvalue weighted by atomic mass is 19.4. The van der Waals surface area contributed by atoms with Gasteiger partial charge in [-0.05, 0) is 74.8 Å². The quantitative estimate of drug-likeness (QED) is 0.288. The van der Waals surface area contributed by atoms with Gasteiger partial charge in [0, 0.05) is 28.7 Å². The van der Waals surface area contributed by atoms with Gasteiger partial charge in [-0.15, -0.1) is 0 Å². The summed E-state index contributed by atoms with van der Waals surface area (Å²) < 4.78 is 76.2. The van der Waals surface area contributed by atoms with E-state index in [0.29, 0.717) is 36.4 Å². The molecule has 0 unspecified atom stereocenters. The van der Waals surface area contributed by atoms with Crippen LogP contribution in [0.25, 0.3) is 10.9 Å². The van der Waals surface area contributed by atoms with Gasteiger partial charge >= 0.3 is 12.8 Å². The van der Waals surface area contributed by atoms with Crippen molar-refractivity contribution in [3.05, 3.63) is 59.8 Å². The maximum Gasteiger partial charge on any atom is 0.433 e. The van der Waals surface area contributed by atoms with E-state index in [1.54, 1.807) is 24.3 Å². The monoisotopic (exact) mass is 549 g/mol. The van der Waals surface area contributed by atoms with E-state index >= 15 is 0 Å². The number of aromatic nitrogens is 1. The molecule has 0 spiro atoms. The fourth-order valence-corrected chi connectivity index (χ4v) is 4.83. The molecule has 2 fully saturated rings. The fraction of sp³-hybridized carbons (Fsp3) is 0.429. The van der Waals surface area contributed by atoms with Gasteiger partial charge < -0.3 is 20.1 Å². The second-order valence-corrected chi connectivity index (χ2v) is 10.0. The lowest BCUT2D eigenvalue weighted by Crippen LogP contribution is -2.41. The topological polar surface area (TPSA) is 72.5 Å². The summed E-state index contributed by atoms with van der Waals surface area (Å²) in [6, 6.07) is 11.4. The lowest BCUT2D eigenvalue weighted by Gasteiger charge is -2.31. The second-order valence-electron chi connectivity index (χ2n) is 10.0. The number of nitrogens with zero attached hydrogens (tertiary/aromatic N) is 1. The molecule has 0 saturated heterocycles. The van der Waals surface area contributed by atoms with Gasteiger partial charge in [-0.1, -0.05) is 18.2 Å². The van der Waals surface area contributed by atoms with Crippen molar-refractivity contribution in [3.8, 4) is 11.5 Å². The fourth-order valence-electron chi connectivity index (χ4n) is 4.83. The minimum Gasteiger partial charge on any atom is -0.489 e. The van der Waals surface area contributed by atoms with Gasteiger partial charge in [-0.3, -0.25) is 4.79 Å². The molecule has 2 aliphatic rings. The Morgan fingerprint density at radius 2 is 1.77 bits per heavy atom. The van der Waals surface area contributed by atoms with Crippen LogP contribution in [0.1, 0.15) is 54.6 Å². The van der Waals surface area contributed by atoms with Crippen molar-refractivity contribution >= 4 is 22.5 Å². The summed E-state index contributed by atoms with van der Waals surface area (Å²) in [5.41, 5.74) is -0.137. The number of amides is 1. The number of carbonyl (C=O) groups is 1. The second kappa shape index (κ2) is 11.2. The van der Waals surface area contributed by atoms with Crippen molar-refractivity contribution in [1.82, 2.24) is 10.3 Å². The van der Waals surface area contributed by atoms with Crippen LogP contribution in [0.5, 0.6) is 11.5 Å². The van der Waals surface area contributed by atoms with Gasteiger partial charge in [-0.25, -0.2) is 4.98 Å². The molecule has 5 rings (SSSR count). The first kappa shape index (κ1) is 27.0. The molecule has 2 atom stereocenters. The zero-order valence-corrected chi connectivity index (χ0v) is 20.9. The first-order chi connectivity index (χ1) is 18.7. The zero-order chi connectivity index (χ0) is 27.6. The molecule has 0 bridgehead atoms. The van der Waals surface area contributed by atoms with Crippen LogP contribution in [0.3, 0.4) is 0 Å². The molecule has 11 heteroatoms. The van der Waals surface area contributed by atoms with Crippen LogP contribution in [-0.2, 0) is 6.18 Å². The number of para-hydroxylation sites is 1. The maximum atomic E-state index is 13.5. The van der Waals surface area contributed by atoms with Crippen LogP contribution in [0.4, 0.5) is 27.6 Å². The number of benzene rings is 2. The van der Waals surface area contributed by atoms with Crippen LogP contribution in [0, 0.1) is 5.92 Å². The molecule has 1 heterocycles. The van der Waals surface area contributed by atoms with E-state index in [-0.39, 0.29) is 34.7 Å². The smallest absolute Gasteiger partial charge is 0.433 e. The number of nitrogens with one attached hydrogen (secondary N) is 2. The maximum absolute atomic E-state index is 13.5. The van der Waals surface area contributed by atoms with Gasteiger partial charge in [-0.2, -0.15) is 22.0 Å². The van der Waals surface area contributed by atoms with Gasteiger partial charge in [0.15, 0.2) is 11.5 Å². The highest BCUT2D eigenvalue weighted by Crippen LogP contribution is 2.36. The minimum atomic E-state index is -4.58. The van der Waals surface area contributed by atoms with Crippen molar-refractivity contribution < 1.29 is 36.2 Å². The summed E-state index contributed by atoms with van der Waals surface area (Å²) in [6.07, 6.45) is 0.121. The molecular weight excluding hydrogens is 521 g/mol. The lowest BCUT2D eigenvalue weighted by molar-refractivity contribution is -0.140. The Kier molecular flexibility index (Phi) is 7.76. The van der Waals surface area contributed by atoms with Gasteiger partial charge in [0.1, 0.15) is 5.69 Å². The molecule has 39 heavy (non-hydrogen) atoms. The molecule has 6 nitrogen and oxygen atoms in total. The lowest BCUT2D eigenvalue weighted by atomic mass is 9.90. The SMILES string of the molecule is O=C(N[C@@H]1CCC[C@H](Nc2cc(C(F)(F)F)nc3ccccc23)C1)c1ccc(OC(F)F)c(OCC2CC2)c1. The Morgan fingerprint density at radius 3 is 2.51 bits per heavy atom. The van der Waals surface area contributed by atoms with Crippen LogP contribution in [0.2, 0.25) is 0 Å². The van der Waals surface area contributed by atoms with Gasteiger partial charge in [0.05, 0.1) is 12.1 Å². The molecule has 1 aromatic heterocycles. The number of fused-ring (bicyclic) bond motifs is 1. The Labute approximate surface area is 221 Å². The van der Waals surface area contributed by atoms with E-state index in [0.717, 1.165) is 31.7 Å². The largest absolute Gasteiger partial charge is 0.489 e. The van der Waals surface area contributed by atoms with Crippen molar-refractivity contribution in [2.75, 3.05) is 11.9 Å². The summed E-state index contributed by atoms with van der Waals surface area (Å²) in [5.74, 6) is -0.0671. The van der Waals surface area contributed by atoms with Crippen molar-refractivity contribution in [1.29, 1.82) is 0 Å². The van der Waals surface area contributed by atoms with E-state index in [9.17, 15) is 26.7 Å². The predicted octanol–water partition coefficient (Wildman–Crippen LogP) is 6.80. The van der Waals surface area contributed by atoms with Crippen LogP contribution >= 0.6 is 0 Å². The predicted molar refractivity (Wildman–Crippen MR) is 135 cm³/mol. The summed E-state index contributed by atoms with van der Waals surface area (Å²) in [6.45, 7) is -2.66. The number of pyridine rings is 1. The number of hydrogen-bond donors (Lipinski definition) is 2. The molecule has 2 N–H and O–H groups in total. The van der Waals surface area contributed by atoms with Crippen molar-refractivity contribution in [2.24, 2.45) is 5.92 Å². The third kappa shape index (κ3) is 6.88. The summed E-state index contributed by atoms with van der Waals surface area (Å²) in [4.78, 5) is 16.8. The number of anilines is 1. The zero-order valence-electron chi connectivity index (χ0n) is 20.9. The number of rotatable bonds is 9. The first-order valence-electron chi connectivity index (χ1n) is 12.9. The number of alkyl halides is 5. The Bertz CT molecular complexity index is 1330. The normalized spacial score (nSPS) is 19.6. The number of carbonyl (C=O) groups excluding carboxylic acids is 1. The molecule has 0 aliphatic heterocycles. The van der Waals surface area contributed by atoms with Crippen LogP contribution in [0.15, 0.2) is 48.5 Å². The molecule has 1 amide bonds. The standard InChI is InChI=1S/C28H28F5N3O3/c29-27(30)39-23-11-10-17(12-24(23)38-15-16-8-9-16)26(37)35-19-5-3-4-18(13-19)34-22-14-25(28(31,32)33)36-21-7-2-1-6-20(21)22/h1-2,6-7,10-12,14,16,18-19,27H,3-5,8-9,13,15H2,(H,34,36)(H,35,37)/t18-,19+/m0/s1. The van der Waals surface area contributed by atoms with E-state index < -0.39 is 24.4 Å². The van der Waals surface area contributed by atoms with E-state index in [4.69, 9.17) is 4.74 Å². The third-order valence-electron chi connectivity index (χ3n) is 6.97. The molecule has 3 aromatic rings. The Hall–Kier alpha value is -3.63. The number of halogens is 5. The molecule has 2 saturated carbocycles. The summed E-state index contributed by atoms with van der Waals surface area (Å²) >= 11 is 0. The number of hydrogen-bond acceptors (Lipinski definition) is 5. The summed E-state index contributed by atoms with van der Waals surface area (Å²) in [5, 5.41) is 6.81. The van der Waals surface area contributed by atoms with E-state index in [1.165, 1.54) is 18.2 Å². The molecule has 208 valence electrons. The molecule has 2 aromatic carbocycles. The van der Waals surface area contributed by atoms with Crippen LogP contribution in [-0.4, -0.2) is 36.2 Å². The highest BCUT2D eigenvalue weighted by molar-refractivity contribution is 5.95. The molecule has 0 radical (unpaired) electrons. The number of ether oxygens (including phenoxy) is 2. The van der Waals surface area contributed by atoms with E-state index in [2.05, 4.69) is 20.4 Å². The van der Waals surface area contributed by atoms with Crippen LogP contribution < -0.4 is 20.1 Å².